The Morgan fingerprint density at radius 3 is 2.06 bits per heavy atom. The normalized spacial score (nSPS) is 11.2. The molecule has 1 aromatic heterocycles. The van der Waals surface area contributed by atoms with Crippen LogP contribution in [-0.2, 0) is 13.1 Å². The number of nitrogens with zero attached hydrogens (tertiary/aromatic N) is 2. The van der Waals surface area contributed by atoms with Crippen molar-refractivity contribution in [2.75, 3.05) is 0 Å². The second kappa shape index (κ2) is 8.21. The van der Waals surface area contributed by atoms with Crippen molar-refractivity contribution in [3.05, 3.63) is 114 Å². The SMILES string of the molecule is N=c1n(Cc2ccccc2O)c2ccccc2n1-c1ccc(-c2ccccc2CN)cc1. The van der Waals surface area contributed by atoms with Crippen LogP contribution in [0.3, 0.4) is 0 Å². The molecular formula is C27H24N4O. The van der Waals surface area contributed by atoms with Gasteiger partial charge in [0.05, 0.1) is 17.6 Å². The van der Waals surface area contributed by atoms with Crippen molar-refractivity contribution in [2.24, 2.45) is 5.73 Å². The lowest BCUT2D eigenvalue weighted by Crippen LogP contribution is -2.24. The van der Waals surface area contributed by atoms with Crippen LogP contribution in [0.1, 0.15) is 11.1 Å². The molecule has 0 aliphatic carbocycles. The van der Waals surface area contributed by atoms with E-state index in [-0.39, 0.29) is 5.75 Å². The molecule has 0 amide bonds. The fraction of sp³-hybridized carbons (Fsp3) is 0.0741. The predicted molar refractivity (Wildman–Crippen MR) is 128 cm³/mol. The van der Waals surface area contributed by atoms with E-state index < -0.39 is 0 Å². The zero-order valence-electron chi connectivity index (χ0n) is 17.6. The first kappa shape index (κ1) is 19.8. The number of fused-ring (bicyclic) bond motifs is 1. The largest absolute Gasteiger partial charge is 0.508 e. The number of nitrogens with two attached hydrogens (primary N) is 1. The van der Waals surface area contributed by atoms with Crippen LogP contribution in [0, 0.1) is 5.41 Å². The Labute approximate surface area is 186 Å². The summed E-state index contributed by atoms with van der Waals surface area (Å²) in [7, 11) is 0. The number of phenolic OH excluding ortho intramolecular Hbond substituents is 1. The number of hydrogen-bond acceptors (Lipinski definition) is 3. The average Bonchev–Trinajstić information content (AvgIpc) is 3.12. The third-order valence-corrected chi connectivity index (χ3v) is 5.87. The molecule has 5 heteroatoms. The summed E-state index contributed by atoms with van der Waals surface area (Å²) < 4.78 is 3.86. The van der Waals surface area contributed by atoms with Crippen LogP contribution >= 0.6 is 0 Å². The summed E-state index contributed by atoms with van der Waals surface area (Å²) in [6, 6.07) is 31.6. The second-order valence-electron chi connectivity index (χ2n) is 7.77. The van der Waals surface area contributed by atoms with Gasteiger partial charge in [0.1, 0.15) is 5.75 Å². The summed E-state index contributed by atoms with van der Waals surface area (Å²) in [5.74, 6) is 0.235. The molecule has 0 radical (unpaired) electrons. The zero-order chi connectivity index (χ0) is 22.1. The maximum Gasteiger partial charge on any atom is 0.208 e. The van der Waals surface area contributed by atoms with E-state index >= 15 is 0 Å². The van der Waals surface area contributed by atoms with E-state index in [9.17, 15) is 5.11 Å². The number of benzene rings is 4. The average molecular weight is 421 g/mol. The summed E-state index contributed by atoms with van der Waals surface area (Å²) in [4.78, 5) is 0. The van der Waals surface area contributed by atoms with Gasteiger partial charge in [0.25, 0.3) is 0 Å². The molecule has 158 valence electrons. The van der Waals surface area contributed by atoms with Crippen LogP contribution < -0.4 is 11.4 Å². The van der Waals surface area contributed by atoms with Crippen molar-refractivity contribution >= 4 is 11.0 Å². The Morgan fingerprint density at radius 2 is 1.34 bits per heavy atom. The topological polar surface area (TPSA) is 80.0 Å². The van der Waals surface area contributed by atoms with Gasteiger partial charge < -0.3 is 15.4 Å². The molecule has 0 unspecified atom stereocenters. The molecule has 32 heavy (non-hydrogen) atoms. The number of para-hydroxylation sites is 3. The highest BCUT2D eigenvalue weighted by Gasteiger charge is 2.14. The van der Waals surface area contributed by atoms with Crippen molar-refractivity contribution in [2.45, 2.75) is 13.1 Å². The van der Waals surface area contributed by atoms with Crippen molar-refractivity contribution < 1.29 is 5.11 Å². The standard InChI is InChI=1S/C27H24N4O/c28-17-20-7-1-3-9-23(20)19-13-15-22(16-14-19)31-25-11-5-4-10-24(25)30(27(31)29)18-21-8-2-6-12-26(21)32/h1-16,29,32H,17-18,28H2. The monoisotopic (exact) mass is 420 g/mol. The molecule has 1 heterocycles. The molecule has 5 rings (SSSR count). The van der Waals surface area contributed by atoms with Crippen molar-refractivity contribution in [1.82, 2.24) is 9.13 Å². The van der Waals surface area contributed by atoms with Crippen LogP contribution in [0.15, 0.2) is 97.1 Å². The molecule has 4 aromatic carbocycles. The van der Waals surface area contributed by atoms with Crippen molar-refractivity contribution in [3.8, 4) is 22.6 Å². The first-order chi connectivity index (χ1) is 15.7. The van der Waals surface area contributed by atoms with Crippen LogP contribution in [0.25, 0.3) is 27.8 Å². The van der Waals surface area contributed by atoms with E-state index in [1.54, 1.807) is 12.1 Å². The lowest BCUT2D eigenvalue weighted by atomic mass is 9.99. The number of aromatic nitrogens is 2. The van der Waals surface area contributed by atoms with Crippen LogP contribution in [0.2, 0.25) is 0 Å². The molecule has 0 saturated heterocycles. The first-order valence-electron chi connectivity index (χ1n) is 10.6. The van der Waals surface area contributed by atoms with Crippen LogP contribution in [-0.4, -0.2) is 14.2 Å². The van der Waals surface area contributed by atoms with Gasteiger partial charge in [-0.25, -0.2) is 0 Å². The second-order valence-corrected chi connectivity index (χ2v) is 7.77. The van der Waals surface area contributed by atoms with E-state index in [2.05, 4.69) is 18.2 Å². The maximum absolute atomic E-state index is 10.2. The number of phenols is 1. The summed E-state index contributed by atoms with van der Waals surface area (Å²) >= 11 is 0. The molecule has 0 bridgehead atoms. The molecule has 0 spiro atoms. The van der Waals surface area contributed by atoms with Gasteiger partial charge in [0, 0.05) is 17.8 Å². The highest BCUT2D eigenvalue weighted by molar-refractivity contribution is 5.78. The zero-order valence-corrected chi connectivity index (χ0v) is 17.6. The fourth-order valence-electron chi connectivity index (χ4n) is 4.24. The van der Waals surface area contributed by atoms with Crippen molar-refractivity contribution in [3.63, 3.8) is 0 Å². The van der Waals surface area contributed by atoms with E-state index in [4.69, 9.17) is 11.1 Å². The van der Waals surface area contributed by atoms with Gasteiger partial charge >= 0.3 is 0 Å². The lowest BCUT2D eigenvalue weighted by Gasteiger charge is -2.10. The Balaban J connectivity index is 1.61. The number of hydrogen-bond donors (Lipinski definition) is 3. The van der Waals surface area contributed by atoms with Gasteiger partial charge in [-0.2, -0.15) is 0 Å². The van der Waals surface area contributed by atoms with Gasteiger partial charge in [-0.05, 0) is 47.0 Å². The van der Waals surface area contributed by atoms with Crippen LogP contribution in [0.4, 0.5) is 0 Å². The number of imidazole rings is 1. The third-order valence-electron chi connectivity index (χ3n) is 5.87. The van der Waals surface area contributed by atoms with Gasteiger partial charge in [-0.1, -0.05) is 66.7 Å². The Kier molecular flexibility index (Phi) is 5.09. The Hall–Kier alpha value is -4.09. The van der Waals surface area contributed by atoms with Gasteiger partial charge in [-0.15, -0.1) is 0 Å². The summed E-state index contributed by atoms with van der Waals surface area (Å²) in [5, 5.41) is 19.2. The van der Waals surface area contributed by atoms with E-state index in [1.165, 1.54) is 0 Å². The fourth-order valence-corrected chi connectivity index (χ4v) is 4.24. The van der Waals surface area contributed by atoms with Crippen LogP contribution in [0.5, 0.6) is 5.75 Å². The number of aromatic hydroxyl groups is 1. The minimum absolute atomic E-state index is 0.235. The minimum atomic E-state index is 0.235. The summed E-state index contributed by atoms with van der Waals surface area (Å²) in [6.45, 7) is 0.907. The molecule has 5 nitrogen and oxygen atoms in total. The number of rotatable bonds is 5. The lowest BCUT2D eigenvalue weighted by molar-refractivity contribution is 0.465. The molecule has 0 saturated carbocycles. The van der Waals surface area contributed by atoms with Gasteiger partial charge in [0.15, 0.2) is 0 Å². The molecule has 4 N–H and O–H groups in total. The maximum atomic E-state index is 10.2. The smallest absolute Gasteiger partial charge is 0.208 e. The first-order valence-corrected chi connectivity index (χ1v) is 10.6. The predicted octanol–water partition coefficient (Wildman–Crippen LogP) is 4.79. The molecule has 0 fully saturated rings. The molecule has 0 aliphatic rings. The molecule has 0 atom stereocenters. The molecule has 5 aromatic rings. The quantitative estimate of drug-likeness (QED) is 0.382. The summed E-state index contributed by atoms with van der Waals surface area (Å²) in [5.41, 5.74) is 13.2. The Bertz CT molecular complexity index is 1460. The highest BCUT2D eigenvalue weighted by atomic mass is 16.3. The third kappa shape index (κ3) is 3.39. The van der Waals surface area contributed by atoms with Gasteiger partial charge in [0.2, 0.25) is 5.62 Å². The minimum Gasteiger partial charge on any atom is -0.508 e. The van der Waals surface area contributed by atoms with Crippen molar-refractivity contribution in [1.29, 1.82) is 5.41 Å². The van der Waals surface area contributed by atoms with E-state index in [0.29, 0.717) is 18.7 Å². The summed E-state index contributed by atoms with van der Waals surface area (Å²) in [6.07, 6.45) is 0. The highest BCUT2D eigenvalue weighted by Crippen LogP contribution is 2.26. The molecular weight excluding hydrogens is 396 g/mol. The Morgan fingerprint density at radius 1 is 0.719 bits per heavy atom. The van der Waals surface area contributed by atoms with Gasteiger partial charge in [-0.3, -0.25) is 9.98 Å². The molecule has 0 aliphatic heterocycles. The van der Waals surface area contributed by atoms with E-state index in [1.807, 2.05) is 75.9 Å². The number of nitrogens with one attached hydrogen (secondary N) is 1. The van der Waals surface area contributed by atoms with E-state index in [0.717, 1.165) is 39.0 Å².